The molecule has 2 aromatic rings. The largest absolute Gasteiger partial charge is 0.332 e. The van der Waals surface area contributed by atoms with Crippen LogP contribution in [-0.2, 0) is 7.05 Å². The first kappa shape index (κ1) is 12.5. The number of Topliss-reactive ketones (excluding diaryl/α,β-unsaturated/α-hetero) is 2. The van der Waals surface area contributed by atoms with E-state index in [0.29, 0.717) is 10.6 Å². The van der Waals surface area contributed by atoms with Gasteiger partial charge in [-0.15, -0.1) is 0 Å². The fraction of sp³-hybridized carbons (Fsp3) is 0.154. The summed E-state index contributed by atoms with van der Waals surface area (Å²) in [6, 6.07) is 6.68. The van der Waals surface area contributed by atoms with Crippen LogP contribution in [0.4, 0.5) is 0 Å². The Morgan fingerprint density at radius 3 is 2.61 bits per heavy atom. The van der Waals surface area contributed by atoms with Gasteiger partial charge in [-0.25, -0.2) is 4.98 Å². The molecule has 0 N–H and O–H groups in total. The Bertz CT molecular complexity index is 605. The van der Waals surface area contributed by atoms with E-state index in [4.69, 9.17) is 11.6 Å². The molecule has 0 aliphatic heterocycles. The van der Waals surface area contributed by atoms with Gasteiger partial charge in [-0.1, -0.05) is 23.7 Å². The van der Waals surface area contributed by atoms with Crippen molar-refractivity contribution in [2.45, 2.75) is 6.42 Å². The van der Waals surface area contributed by atoms with Gasteiger partial charge in [0.15, 0.2) is 11.6 Å². The highest BCUT2D eigenvalue weighted by Gasteiger charge is 2.18. The Morgan fingerprint density at radius 1 is 1.28 bits per heavy atom. The lowest BCUT2D eigenvalue weighted by atomic mass is 10.1. The van der Waals surface area contributed by atoms with Crippen molar-refractivity contribution in [2.75, 3.05) is 0 Å². The highest BCUT2D eigenvalue weighted by atomic mass is 35.5. The van der Waals surface area contributed by atoms with Crippen molar-refractivity contribution in [2.24, 2.45) is 7.05 Å². The van der Waals surface area contributed by atoms with Crippen LogP contribution >= 0.6 is 11.6 Å². The van der Waals surface area contributed by atoms with Gasteiger partial charge in [-0.3, -0.25) is 9.59 Å². The van der Waals surface area contributed by atoms with E-state index in [0.717, 1.165) is 0 Å². The first-order valence-electron chi connectivity index (χ1n) is 5.38. The lowest BCUT2D eigenvalue weighted by Gasteiger charge is -2.03. The van der Waals surface area contributed by atoms with Gasteiger partial charge in [0.05, 0.1) is 11.4 Å². The Kier molecular flexibility index (Phi) is 3.58. The molecule has 4 nitrogen and oxygen atoms in total. The quantitative estimate of drug-likeness (QED) is 0.628. The fourth-order valence-corrected chi connectivity index (χ4v) is 1.88. The molecule has 1 aromatic carbocycles. The normalized spacial score (nSPS) is 10.3. The Morgan fingerprint density at radius 2 is 2.00 bits per heavy atom. The van der Waals surface area contributed by atoms with Crippen molar-refractivity contribution in [1.82, 2.24) is 9.55 Å². The number of hydrogen-bond donors (Lipinski definition) is 0. The predicted molar refractivity (Wildman–Crippen MR) is 67.9 cm³/mol. The number of rotatable bonds is 4. The molecular formula is C13H11ClN2O2. The molecule has 0 atom stereocenters. The van der Waals surface area contributed by atoms with Crippen LogP contribution in [0.5, 0.6) is 0 Å². The van der Waals surface area contributed by atoms with Gasteiger partial charge in [0.1, 0.15) is 0 Å². The minimum absolute atomic E-state index is 0.228. The standard InChI is InChI=1S/C13H11ClN2O2/c1-16-7-6-15-13(16)12(18)8-11(17)9-4-2-3-5-10(9)14/h2-7H,8H2,1H3. The van der Waals surface area contributed by atoms with Crippen molar-refractivity contribution < 1.29 is 9.59 Å². The van der Waals surface area contributed by atoms with Gasteiger partial charge in [0.25, 0.3) is 0 Å². The molecule has 0 bridgehead atoms. The molecular weight excluding hydrogens is 252 g/mol. The third kappa shape index (κ3) is 2.49. The molecule has 2 rings (SSSR count). The second-order valence-corrected chi connectivity index (χ2v) is 4.27. The van der Waals surface area contributed by atoms with Gasteiger partial charge >= 0.3 is 0 Å². The number of nitrogens with zero attached hydrogens (tertiary/aromatic N) is 2. The molecule has 0 amide bonds. The molecule has 5 heteroatoms. The second kappa shape index (κ2) is 5.14. The summed E-state index contributed by atoms with van der Waals surface area (Å²) in [5, 5.41) is 0.357. The number of carbonyl (C=O) groups excluding carboxylic acids is 2. The Labute approximate surface area is 109 Å². The molecule has 0 saturated heterocycles. The van der Waals surface area contributed by atoms with Crippen molar-refractivity contribution in [1.29, 1.82) is 0 Å². The number of aryl methyl sites for hydroxylation is 1. The van der Waals surface area contributed by atoms with Crippen molar-refractivity contribution in [3.05, 3.63) is 53.1 Å². The Balaban J connectivity index is 2.16. The van der Waals surface area contributed by atoms with Crippen molar-refractivity contribution >= 4 is 23.2 Å². The van der Waals surface area contributed by atoms with Gasteiger partial charge in [0, 0.05) is 25.0 Å². The first-order valence-corrected chi connectivity index (χ1v) is 5.75. The summed E-state index contributed by atoms with van der Waals surface area (Å²) < 4.78 is 1.59. The van der Waals surface area contributed by atoms with E-state index in [9.17, 15) is 9.59 Å². The molecule has 0 aliphatic carbocycles. The number of aromatic nitrogens is 2. The zero-order chi connectivity index (χ0) is 13.1. The monoisotopic (exact) mass is 262 g/mol. The lowest BCUT2D eigenvalue weighted by molar-refractivity contribution is 0.0887. The van der Waals surface area contributed by atoms with Gasteiger partial charge in [0.2, 0.25) is 5.78 Å². The van der Waals surface area contributed by atoms with Crippen LogP contribution in [0, 0.1) is 0 Å². The molecule has 0 radical (unpaired) electrons. The highest BCUT2D eigenvalue weighted by molar-refractivity contribution is 6.34. The van der Waals surface area contributed by atoms with Gasteiger partial charge in [-0.2, -0.15) is 0 Å². The summed E-state index contributed by atoms with van der Waals surface area (Å²) in [7, 11) is 1.71. The lowest BCUT2D eigenvalue weighted by Crippen LogP contribution is -2.13. The van der Waals surface area contributed by atoms with Crippen LogP contribution < -0.4 is 0 Å². The zero-order valence-electron chi connectivity index (χ0n) is 9.76. The maximum absolute atomic E-state index is 11.9. The molecule has 0 saturated carbocycles. The Hall–Kier alpha value is -1.94. The fourth-order valence-electron chi connectivity index (χ4n) is 1.64. The van der Waals surface area contributed by atoms with Gasteiger partial charge < -0.3 is 4.57 Å². The minimum Gasteiger partial charge on any atom is -0.332 e. The molecule has 1 aromatic heterocycles. The summed E-state index contributed by atoms with van der Waals surface area (Å²) in [6.07, 6.45) is 2.95. The van der Waals surface area contributed by atoms with Crippen LogP contribution in [0.25, 0.3) is 0 Å². The number of carbonyl (C=O) groups is 2. The SMILES string of the molecule is Cn1ccnc1C(=O)CC(=O)c1ccccc1Cl. The smallest absolute Gasteiger partial charge is 0.205 e. The maximum Gasteiger partial charge on any atom is 0.205 e. The molecule has 0 fully saturated rings. The number of ketones is 2. The van der Waals surface area contributed by atoms with E-state index >= 15 is 0 Å². The summed E-state index contributed by atoms with van der Waals surface area (Å²) >= 11 is 5.91. The van der Waals surface area contributed by atoms with Crippen LogP contribution in [-0.4, -0.2) is 21.1 Å². The topological polar surface area (TPSA) is 52.0 Å². The number of imidazole rings is 1. The highest BCUT2D eigenvalue weighted by Crippen LogP contribution is 2.17. The van der Waals surface area contributed by atoms with E-state index in [2.05, 4.69) is 4.98 Å². The van der Waals surface area contributed by atoms with E-state index in [1.807, 2.05) is 0 Å². The van der Waals surface area contributed by atoms with Crippen molar-refractivity contribution in [3.63, 3.8) is 0 Å². The van der Waals surface area contributed by atoms with E-state index in [1.165, 1.54) is 6.20 Å². The zero-order valence-corrected chi connectivity index (χ0v) is 10.5. The number of hydrogen-bond acceptors (Lipinski definition) is 3. The molecule has 0 aliphatic rings. The second-order valence-electron chi connectivity index (χ2n) is 3.86. The van der Waals surface area contributed by atoms with E-state index in [1.54, 1.807) is 42.1 Å². The van der Waals surface area contributed by atoms with Crippen LogP contribution in [0.2, 0.25) is 5.02 Å². The molecule has 92 valence electrons. The minimum atomic E-state index is -0.313. The summed E-state index contributed by atoms with van der Waals surface area (Å²) in [6.45, 7) is 0. The third-order valence-corrected chi connectivity index (χ3v) is 2.90. The molecule has 0 unspecified atom stereocenters. The van der Waals surface area contributed by atoms with Crippen LogP contribution in [0.15, 0.2) is 36.7 Å². The molecule has 1 heterocycles. The molecule has 18 heavy (non-hydrogen) atoms. The first-order chi connectivity index (χ1) is 8.59. The average molecular weight is 263 g/mol. The van der Waals surface area contributed by atoms with Crippen LogP contribution in [0.3, 0.4) is 0 Å². The summed E-state index contributed by atoms with van der Waals surface area (Å²) in [5.41, 5.74) is 0.363. The van der Waals surface area contributed by atoms with E-state index in [-0.39, 0.29) is 23.8 Å². The predicted octanol–water partition coefficient (Wildman–Crippen LogP) is 2.53. The number of benzene rings is 1. The third-order valence-electron chi connectivity index (χ3n) is 2.57. The van der Waals surface area contributed by atoms with Gasteiger partial charge in [-0.05, 0) is 12.1 Å². The summed E-state index contributed by atoms with van der Waals surface area (Å²) in [5.74, 6) is -0.337. The molecule has 0 spiro atoms. The van der Waals surface area contributed by atoms with Crippen molar-refractivity contribution in [3.8, 4) is 0 Å². The van der Waals surface area contributed by atoms with E-state index < -0.39 is 0 Å². The maximum atomic E-state index is 11.9. The average Bonchev–Trinajstić information content (AvgIpc) is 2.76. The number of halogens is 1. The summed E-state index contributed by atoms with van der Waals surface area (Å²) in [4.78, 5) is 27.7. The van der Waals surface area contributed by atoms with Crippen LogP contribution in [0.1, 0.15) is 27.4 Å².